The molecule has 1 unspecified atom stereocenters. The lowest BCUT2D eigenvalue weighted by molar-refractivity contribution is -0.123. The maximum absolute atomic E-state index is 12.2. The maximum atomic E-state index is 12.2. The average Bonchev–Trinajstić information content (AvgIpc) is 3.33. The largest absolute Gasteiger partial charge is 0.449 e. The fourth-order valence-corrected chi connectivity index (χ4v) is 3.50. The Morgan fingerprint density at radius 3 is 2.48 bits per heavy atom. The molecule has 1 heterocycles. The molecule has 3 rings (SSSR count). The standard InChI is InChI=1S/C17H19N3O6S/c1-10-9-15(19-26-10)18-16(21)11(2)25-17(22)12-3-7-14(8-4-12)27(23,24)20-13-5-6-13/h3-4,7-9,11,13,20H,5-6H2,1-2H3,(H,18,19,21). The molecule has 10 heteroatoms. The summed E-state index contributed by atoms with van der Waals surface area (Å²) in [6, 6.07) is 6.85. The maximum Gasteiger partial charge on any atom is 0.338 e. The SMILES string of the molecule is Cc1cc(NC(=O)C(C)OC(=O)c2ccc(S(=O)(=O)NC3CC3)cc2)no1. The number of hydrogen-bond donors (Lipinski definition) is 2. The molecule has 1 saturated carbocycles. The predicted octanol–water partition coefficient (Wildman–Crippen LogP) is 1.61. The molecule has 2 N–H and O–H groups in total. The second-order valence-corrected chi connectivity index (χ2v) is 7.99. The quantitative estimate of drug-likeness (QED) is 0.684. The lowest BCUT2D eigenvalue weighted by atomic mass is 10.2. The molecule has 1 fully saturated rings. The number of sulfonamides is 1. The van der Waals surface area contributed by atoms with Crippen molar-refractivity contribution < 1.29 is 27.3 Å². The molecule has 0 spiro atoms. The number of aryl methyl sites for hydroxylation is 1. The van der Waals surface area contributed by atoms with Crippen LogP contribution >= 0.6 is 0 Å². The highest BCUT2D eigenvalue weighted by Crippen LogP contribution is 2.22. The van der Waals surface area contributed by atoms with E-state index in [1.807, 2.05) is 0 Å². The number of aromatic nitrogens is 1. The van der Waals surface area contributed by atoms with E-state index in [1.54, 1.807) is 6.92 Å². The minimum absolute atomic E-state index is 0.00694. The summed E-state index contributed by atoms with van der Waals surface area (Å²) < 4.78 is 36.7. The first-order valence-electron chi connectivity index (χ1n) is 8.32. The molecule has 9 nitrogen and oxygen atoms in total. The number of ether oxygens (including phenoxy) is 1. The van der Waals surface area contributed by atoms with E-state index in [9.17, 15) is 18.0 Å². The number of carbonyl (C=O) groups is 2. The highest BCUT2D eigenvalue weighted by Gasteiger charge is 2.28. The van der Waals surface area contributed by atoms with Crippen LogP contribution in [0.25, 0.3) is 0 Å². The van der Waals surface area contributed by atoms with E-state index < -0.39 is 28.0 Å². The summed E-state index contributed by atoms with van der Waals surface area (Å²) in [7, 11) is -3.59. The van der Waals surface area contributed by atoms with Crippen LogP contribution in [0.4, 0.5) is 5.82 Å². The van der Waals surface area contributed by atoms with Gasteiger partial charge in [-0.25, -0.2) is 17.9 Å². The van der Waals surface area contributed by atoms with Crippen LogP contribution < -0.4 is 10.0 Å². The van der Waals surface area contributed by atoms with Crippen molar-refractivity contribution in [2.45, 2.75) is 43.7 Å². The van der Waals surface area contributed by atoms with E-state index in [4.69, 9.17) is 9.26 Å². The van der Waals surface area contributed by atoms with Crippen molar-refractivity contribution in [3.05, 3.63) is 41.7 Å². The Hall–Kier alpha value is -2.72. The van der Waals surface area contributed by atoms with Gasteiger partial charge in [0, 0.05) is 12.1 Å². The summed E-state index contributed by atoms with van der Waals surface area (Å²) in [6.45, 7) is 3.09. The smallest absolute Gasteiger partial charge is 0.338 e. The Labute approximate surface area is 156 Å². The van der Waals surface area contributed by atoms with Crippen LogP contribution in [0.1, 0.15) is 35.9 Å². The molecule has 27 heavy (non-hydrogen) atoms. The second-order valence-electron chi connectivity index (χ2n) is 6.28. The van der Waals surface area contributed by atoms with Crippen molar-refractivity contribution in [3.8, 4) is 0 Å². The fourth-order valence-electron chi connectivity index (χ4n) is 2.19. The zero-order valence-electron chi connectivity index (χ0n) is 14.8. The predicted molar refractivity (Wildman–Crippen MR) is 94.5 cm³/mol. The fraction of sp³-hybridized carbons (Fsp3) is 0.353. The summed E-state index contributed by atoms with van der Waals surface area (Å²) in [5, 5.41) is 6.09. The minimum Gasteiger partial charge on any atom is -0.449 e. The van der Waals surface area contributed by atoms with E-state index in [0.29, 0.717) is 5.76 Å². The van der Waals surface area contributed by atoms with Gasteiger partial charge in [0.1, 0.15) is 5.76 Å². The molecule has 1 aliphatic rings. The van der Waals surface area contributed by atoms with Crippen molar-refractivity contribution in [1.29, 1.82) is 0 Å². The molecule has 2 aromatic rings. The first kappa shape index (κ1) is 19.1. The molecule has 1 atom stereocenters. The van der Waals surface area contributed by atoms with Crippen LogP contribution in [-0.4, -0.2) is 37.6 Å². The van der Waals surface area contributed by atoms with Gasteiger partial charge in [-0.1, -0.05) is 5.16 Å². The lowest BCUT2D eigenvalue weighted by Crippen LogP contribution is -2.30. The molecule has 0 aliphatic heterocycles. The van der Waals surface area contributed by atoms with Crippen molar-refractivity contribution in [1.82, 2.24) is 9.88 Å². The molecular formula is C17H19N3O6S. The van der Waals surface area contributed by atoms with E-state index in [0.717, 1.165) is 12.8 Å². The van der Waals surface area contributed by atoms with Gasteiger partial charge in [-0.3, -0.25) is 4.79 Å². The molecule has 144 valence electrons. The monoisotopic (exact) mass is 393 g/mol. The number of rotatable bonds is 7. The van der Waals surface area contributed by atoms with Crippen molar-refractivity contribution in [3.63, 3.8) is 0 Å². The normalized spacial score (nSPS) is 15.2. The Kier molecular flexibility index (Phi) is 5.29. The van der Waals surface area contributed by atoms with Crippen molar-refractivity contribution in [2.24, 2.45) is 0 Å². The third kappa shape index (κ3) is 4.92. The van der Waals surface area contributed by atoms with Gasteiger partial charge in [0.15, 0.2) is 11.9 Å². The van der Waals surface area contributed by atoms with Crippen LogP contribution in [0.5, 0.6) is 0 Å². The van der Waals surface area contributed by atoms with Gasteiger partial charge in [-0.2, -0.15) is 0 Å². The molecule has 1 amide bonds. The molecule has 0 radical (unpaired) electrons. The van der Waals surface area contributed by atoms with Crippen LogP contribution in [0.15, 0.2) is 39.8 Å². The van der Waals surface area contributed by atoms with Crippen LogP contribution in [0, 0.1) is 6.92 Å². The minimum atomic E-state index is -3.59. The Balaban J connectivity index is 1.59. The zero-order chi connectivity index (χ0) is 19.6. The summed E-state index contributed by atoms with van der Waals surface area (Å²) in [6.07, 6.45) is 0.587. The number of nitrogens with zero attached hydrogens (tertiary/aromatic N) is 1. The highest BCUT2D eigenvalue weighted by molar-refractivity contribution is 7.89. The molecule has 1 aromatic heterocycles. The summed E-state index contributed by atoms with van der Waals surface area (Å²) in [5.74, 6) is -0.558. The molecule has 1 aromatic carbocycles. The number of benzene rings is 1. The Morgan fingerprint density at radius 1 is 1.26 bits per heavy atom. The van der Waals surface area contributed by atoms with E-state index in [1.165, 1.54) is 37.3 Å². The number of esters is 1. The Bertz CT molecular complexity index is 947. The van der Waals surface area contributed by atoms with Crippen LogP contribution in [-0.2, 0) is 19.6 Å². The molecule has 1 aliphatic carbocycles. The number of nitrogens with one attached hydrogen (secondary N) is 2. The first-order valence-corrected chi connectivity index (χ1v) is 9.80. The van der Waals surface area contributed by atoms with Crippen LogP contribution in [0.3, 0.4) is 0 Å². The number of amides is 1. The Morgan fingerprint density at radius 2 is 1.93 bits per heavy atom. The third-order valence-electron chi connectivity index (χ3n) is 3.83. The average molecular weight is 393 g/mol. The third-order valence-corrected chi connectivity index (χ3v) is 5.37. The van der Waals surface area contributed by atoms with E-state index in [2.05, 4.69) is 15.2 Å². The van der Waals surface area contributed by atoms with E-state index >= 15 is 0 Å². The molecule has 0 bridgehead atoms. The topological polar surface area (TPSA) is 128 Å². The van der Waals surface area contributed by atoms with Crippen molar-refractivity contribution in [2.75, 3.05) is 5.32 Å². The van der Waals surface area contributed by atoms with Crippen LogP contribution in [0.2, 0.25) is 0 Å². The molecule has 0 saturated heterocycles. The van der Waals surface area contributed by atoms with Gasteiger partial charge in [0.25, 0.3) is 5.91 Å². The van der Waals surface area contributed by atoms with Gasteiger partial charge in [0.2, 0.25) is 10.0 Å². The zero-order valence-corrected chi connectivity index (χ0v) is 15.6. The van der Waals surface area contributed by atoms with Gasteiger partial charge in [-0.15, -0.1) is 0 Å². The highest BCUT2D eigenvalue weighted by atomic mass is 32.2. The van der Waals surface area contributed by atoms with Gasteiger partial charge in [0.05, 0.1) is 10.5 Å². The number of carbonyl (C=O) groups excluding carboxylic acids is 2. The summed E-state index contributed by atoms with van der Waals surface area (Å²) >= 11 is 0. The lowest BCUT2D eigenvalue weighted by Gasteiger charge is -2.12. The molecular weight excluding hydrogens is 374 g/mol. The second kappa shape index (κ2) is 7.49. The summed E-state index contributed by atoms with van der Waals surface area (Å²) in [5.41, 5.74) is 0.136. The van der Waals surface area contributed by atoms with Gasteiger partial charge >= 0.3 is 5.97 Å². The van der Waals surface area contributed by atoms with Crippen molar-refractivity contribution >= 4 is 27.7 Å². The van der Waals surface area contributed by atoms with Gasteiger partial charge < -0.3 is 14.6 Å². The number of anilines is 1. The summed E-state index contributed by atoms with van der Waals surface area (Å²) in [4.78, 5) is 24.3. The number of hydrogen-bond acceptors (Lipinski definition) is 7. The van der Waals surface area contributed by atoms with Gasteiger partial charge in [-0.05, 0) is 51.0 Å². The first-order chi connectivity index (χ1) is 12.7. The van der Waals surface area contributed by atoms with E-state index in [-0.39, 0.29) is 22.3 Å².